The molecule has 7 heteroatoms. The number of nitrogens with zero attached hydrogens (tertiary/aromatic N) is 4. The Morgan fingerprint density at radius 3 is 2.68 bits per heavy atom. The zero-order chi connectivity index (χ0) is 19.6. The van der Waals surface area contributed by atoms with Crippen LogP contribution < -0.4 is 9.64 Å². The minimum Gasteiger partial charge on any atom is -0.496 e. The molecule has 1 aromatic heterocycles. The third-order valence-corrected chi connectivity index (χ3v) is 5.75. The largest absolute Gasteiger partial charge is 0.496 e. The van der Waals surface area contributed by atoms with E-state index in [1.54, 1.807) is 7.11 Å². The maximum Gasteiger partial charge on any atom is 0.151 e. The number of methoxy groups -OCH3 is 1. The summed E-state index contributed by atoms with van der Waals surface area (Å²) in [5.41, 5.74) is 1.81. The molecule has 28 heavy (non-hydrogen) atoms. The van der Waals surface area contributed by atoms with E-state index in [2.05, 4.69) is 20.0 Å². The number of aromatic nitrogens is 2. The van der Waals surface area contributed by atoms with Gasteiger partial charge >= 0.3 is 0 Å². The lowest BCUT2D eigenvalue weighted by molar-refractivity contribution is -0.122. The van der Waals surface area contributed by atoms with E-state index < -0.39 is 0 Å². The molecule has 0 bridgehead atoms. The number of hydrogen-bond acceptors (Lipinski definition) is 6. The predicted molar refractivity (Wildman–Crippen MR) is 105 cm³/mol. The molecule has 0 N–H and O–H groups in total. The van der Waals surface area contributed by atoms with Gasteiger partial charge in [0.1, 0.15) is 11.6 Å². The van der Waals surface area contributed by atoms with Crippen molar-refractivity contribution in [2.45, 2.75) is 31.9 Å². The molecular formula is C21H27FN4O2. The fourth-order valence-electron chi connectivity index (χ4n) is 4.15. The van der Waals surface area contributed by atoms with E-state index in [0.29, 0.717) is 12.4 Å². The van der Waals surface area contributed by atoms with E-state index >= 15 is 0 Å². The number of ether oxygens (including phenoxy) is 2. The Hall–Kier alpha value is -2.25. The van der Waals surface area contributed by atoms with Crippen LogP contribution in [0.1, 0.15) is 24.1 Å². The molecule has 2 fully saturated rings. The van der Waals surface area contributed by atoms with Crippen LogP contribution in [-0.2, 0) is 11.3 Å². The molecule has 2 aromatic rings. The standard InChI is InChI=1S/C21H27FN4O2/c1-16-3-6-20(24-23-16)26-9-7-21(8-10-26)15-25(11-12-28-21)14-17-4-5-18(22)13-19(17)27-2/h3-6,13H,7-12,14-15H2,1-2H3. The van der Waals surface area contributed by atoms with Crippen LogP contribution in [0.3, 0.4) is 0 Å². The molecule has 150 valence electrons. The molecule has 0 saturated carbocycles. The van der Waals surface area contributed by atoms with Crippen LogP contribution >= 0.6 is 0 Å². The van der Waals surface area contributed by atoms with Gasteiger partial charge in [-0.25, -0.2) is 4.39 Å². The Morgan fingerprint density at radius 2 is 1.96 bits per heavy atom. The summed E-state index contributed by atoms with van der Waals surface area (Å²) < 4.78 is 25.1. The van der Waals surface area contributed by atoms with Gasteiger partial charge in [-0.1, -0.05) is 6.07 Å². The van der Waals surface area contributed by atoms with Gasteiger partial charge in [0, 0.05) is 44.4 Å². The van der Waals surface area contributed by atoms with Crippen molar-refractivity contribution in [3.8, 4) is 5.75 Å². The second-order valence-corrected chi connectivity index (χ2v) is 7.72. The first-order valence-corrected chi connectivity index (χ1v) is 9.81. The third kappa shape index (κ3) is 4.10. The quantitative estimate of drug-likeness (QED) is 0.805. The number of rotatable bonds is 4. The lowest BCUT2D eigenvalue weighted by Gasteiger charge is -2.47. The molecule has 0 radical (unpaired) electrons. The topological polar surface area (TPSA) is 50.7 Å². The van der Waals surface area contributed by atoms with Crippen LogP contribution in [0.5, 0.6) is 5.75 Å². The highest BCUT2D eigenvalue weighted by Gasteiger charge is 2.40. The Morgan fingerprint density at radius 1 is 1.14 bits per heavy atom. The average Bonchev–Trinajstić information content (AvgIpc) is 2.71. The highest BCUT2D eigenvalue weighted by molar-refractivity contribution is 5.38. The first-order chi connectivity index (χ1) is 13.6. The summed E-state index contributed by atoms with van der Waals surface area (Å²) in [4.78, 5) is 4.67. The fraction of sp³-hybridized carbons (Fsp3) is 0.524. The predicted octanol–water partition coefficient (Wildman–Crippen LogP) is 2.80. The molecule has 1 aromatic carbocycles. The van der Waals surface area contributed by atoms with E-state index in [1.807, 2.05) is 25.1 Å². The first-order valence-electron chi connectivity index (χ1n) is 9.81. The molecule has 0 atom stereocenters. The highest BCUT2D eigenvalue weighted by atomic mass is 19.1. The Bertz CT molecular complexity index is 807. The number of aryl methyl sites for hydroxylation is 1. The zero-order valence-corrected chi connectivity index (χ0v) is 16.5. The molecule has 0 amide bonds. The van der Waals surface area contributed by atoms with E-state index in [0.717, 1.165) is 62.6 Å². The summed E-state index contributed by atoms with van der Waals surface area (Å²) in [5, 5.41) is 8.48. The first kappa shape index (κ1) is 19.1. The van der Waals surface area contributed by atoms with Crippen LogP contribution in [0.25, 0.3) is 0 Å². The van der Waals surface area contributed by atoms with Crippen LogP contribution in [-0.4, -0.2) is 60.6 Å². The van der Waals surface area contributed by atoms with Crippen molar-refractivity contribution in [1.29, 1.82) is 0 Å². The van der Waals surface area contributed by atoms with E-state index in [-0.39, 0.29) is 11.4 Å². The van der Waals surface area contributed by atoms with Crippen molar-refractivity contribution in [3.05, 3.63) is 47.4 Å². The van der Waals surface area contributed by atoms with Crippen molar-refractivity contribution in [1.82, 2.24) is 15.1 Å². The van der Waals surface area contributed by atoms with Crippen molar-refractivity contribution in [3.63, 3.8) is 0 Å². The second-order valence-electron chi connectivity index (χ2n) is 7.72. The summed E-state index contributed by atoms with van der Waals surface area (Å²) in [6.45, 7) is 6.96. The summed E-state index contributed by atoms with van der Waals surface area (Å²) >= 11 is 0. The van der Waals surface area contributed by atoms with E-state index in [4.69, 9.17) is 9.47 Å². The molecule has 0 aliphatic carbocycles. The van der Waals surface area contributed by atoms with Gasteiger partial charge < -0.3 is 14.4 Å². The molecule has 2 aliphatic rings. The van der Waals surface area contributed by atoms with E-state index in [1.165, 1.54) is 12.1 Å². The molecule has 2 aliphatic heterocycles. The summed E-state index contributed by atoms with van der Waals surface area (Å²) in [5.74, 6) is 1.27. The van der Waals surface area contributed by atoms with E-state index in [9.17, 15) is 4.39 Å². The van der Waals surface area contributed by atoms with Crippen LogP contribution in [0.4, 0.5) is 10.2 Å². The normalized spacial score (nSPS) is 19.8. The Kier molecular flexibility index (Phi) is 5.46. The van der Waals surface area contributed by atoms with Crippen LogP contribution in [0.15, 0.2) is 30.3 Å². The van der Waals surface area contributed by atoms with Gasteiger partial charge in [-0.05, 0) is 38.0 Å². The molecule has 0 unspecified atom stereocenters. The molecule has 2 saturated heterocycles. The van der Waals surface area contributed by atoms with Gasteiger partial charge in [-0.2, -0.15) is 5.10 Å². The van der Waals surface area contributed by atoms with Crippen molar-refractivity contribution in [2.75, 3.05) is 44.8 Å². The summed E-state index contributed by atoms with van der Waals surface area (Å²) in [6, 6.07) is 8.80. The number of benzene rings is 1. The lowest BCUT2D eigenvalue weighted by atomic mass is 9.89. The maximum atomic E-state index is 13.5. The average molecular weight is 386 g/mol. The summed E-state index contributed by atoms with van der Waals surface area (Å²) in [7, 11) is 1.59. The number of hydrogen-bond donors (Lipinski definition) is 0. The van der Waals surface area contributed by atoms with Gasteiger partial charge in [0.15, 0.2) is 5.82 Å². The van der Waals surface area contributed by atoms with Crippen molar-refractivity contribution in [2.24, 2.45) is 0 Å². The van der Waals surface area contributed by atoms with Gasteiger partial charge in [0.05, 0.1) is 25.0 Å². The number of piperidine rings is 1. The van der Waals surface area contributed by atoms with Crippen molar-refractivity contribution >= 4 is 5.82 Å². The summed E-state index contributed by atoms with van der Waals surface area (Å²) in [6.07, 6.45) is 1.92. The fourth-order valence-corrected chi connectivity index (χ4v) is 4.15. The maximum absolute atomic E-state index is 13.5. The number of morpholine rings is 1. The monoisotopic (exact) mass is 386 g/mol. The van der Waals surface area contributed by atoms with Gasteiger partial charge in [-0.3, -0.25) is 4.90 Å². The van der Waals surface area contributed by atoms with Crippen LogP contribution in [0, 0.1) is 12.7 Å². The van der Waals surface area contributed by atoms with Gasteiger partial charge in [0.2, 0.25) is 0 Å². The third-order valence-electron chi connectivity index (χ3n) is 5.75. The Labute approximate surface area is 165 Å². The molecule has 1 spiro atoms. The molecule has 6 nitrogen and oxygen atoms in total. The molecular weight excluding hydrogens is 359 g/mol. The minimum atomic E-state index is -0.273. The highest BCUT2D eigenvalue weighted by Crippen LogP contribution is 2.33. The molecule has 4 rings (SSSR count). The van der Waals surface area contributed by atoms with Gasteiger partial charge in [0.25, 0.3) is 0 Å². The second kappa shape index (κ2) is 8.01. The van der Waals surface area contributed by atoms with Crippen molar-refractivity contribution < 1.29 is 13.9 Å². The lowest BCUT2D eigenvalue weighted by Crippen LogP contribution is -2.56. The Balaban J connectivity index is 1.39. The smallest absolute Gasteiger partial charge is 0.151 e. The number of anilines is 1. The zero-order valence-electron chi connectivity index (χ0n) is 16.5. The minimum absolute atomic E-state index is 0.125. The molecule has 3 heterocycles. The number of halogens is 1. The van der Waals surface area contributed by atoms with Crippen LogP contribution in [0.2, 0.25) is 0 Å². The van der Waals surface area contributed by atoms with Gasteiger partial charge in [-0.15, -0.1) is 5.10 Å². The SMILES string of the molecule is COc1cc(F)ccc1CN1CCOC2(CCN(c3ccc(C)nn3)CC2)C1.